The van der Waals surface area contributed by atoms with Crippen LogP contribution in [0.5, 0.6) is 0 Å². The number of aromatic nitrogens is 2. The third kappa shape index (κ3) is 8.29. The molecule has 0 atom stereocenters. The zero-order valence-corrected chi connectivity index (χ0v) is 42.9. The van der Waals surface area contributed by atoms with Crippen molar-refractivity contribution in [2.45, 2.75) is 184 Å². The standard InChI is InChI=1S/C60H76N2O2/c1-33(2)37-21-38(34(3)4)24-41(23-37)61-51-29-46-52(30-45(51)55(63)43-27-47(57(9,10)11)49(31-53(43)61)59(15,16)17)62(42-25-39(35(5)6)22-40(26-42)36(7)8)54-32-50(60(18,19)20)48(58(12,13)14)28-44(54)56(46)64/h21-36H,1-20H3. The average molecular weight is 857 g/mol. The Bertz CT molecular complexity index is 2850. The van der Waals surface area contributed by atoms with Crippen LogP contribution in [-0.4, -0.2) is 9.13 Å². The van der Waals surface area contributed by atoms with Gasteiger partial charge in [-0.25, -0.2) is 0 Å². The molecule has 338 valence electrons. The van der Waals surface area contributed by atoms with E-state index >= 15 is 9.59 Å². The fourth-order valence-electron chi connectivity index (χ4n) is 9.72. The maximum absolute atomic E-state index is 15.6. The van der Waals surface area contributed by atoms with Crippen LogP contribution in [-0.2, 0) is 21.7 Å². The van der Waals surface area contributed by atoms with E-state index < -0.39 is 0 Å². The molecular formula is C60H76N2O2. The number of fused-ring (bicyclic) bond motifs is 4. The molecule has 0 fully saturated rings. The SMILES string of the molecule is CC(C)c1cc(C(C)C)cc(-n2c3cc(C(C)(C)C)c(C(C)(C)C)cc3c(=O)c3cc4c(cc32)c(=O)c2cc(C(C)(C)C)c(C(C)(C)C)cc2n4-c2cc(C(C)C)cc(C(C)C)c2)c1. The van der Waals surface area contributed by atoms with Crippen LogP contribution in [0.3, 0.4) is 0 Å². The Labute approximate surface area is 384 Å². The third-order valence-electron chi connectivity index (χ3n) is 13.7. The van der Waals surface area contributed by atoms with Crippen molar-refractivity contribution >= 4 is 43.6 Å². The molecule has 0 aliphatic carbocycles. The first-order valence-electron chi connectivity index (χ1n) is 24.0. The first kappa shape index (κ1) is 47.0. The van der Waals surface area contributed by atoms with Gasteiger partial charge in [-0.1, -0.05) is 151 Å². The molecule has 0 saturated heterocycles. The lowest BCUT2D eigenvalue weighted by Gasteiger charge is -2.32. The average Bonchev–Trinajstić information content (AvgIpc) is 3.18. The van der Waals surface area contributed by atoms with Crippen molar-refractivity contribution in [1.29, 1.82) is 0 Å². The quantitative estimate of drug-likeness (QED) is 0.156. The predicted molar refractivity (Wildman–Crippen MR) is 279 cm³/mol. The number of pyridine rings is 2. The van der Waals surface area contributed by atoms with Crippen LogP contribution in [0.2, 0.25) is 0 Å². The van der Waals surface area contributed by atoms with Gasteiger partial charge in [-0.3, -0.25) is 9.59 Å². The molecule has 0 saturated carbocycles. The van der Waals surface area contributed by atoms with Gasteiger partial charge in [0.15, 0.2) is 10.9 Å². The zero-order valence-electron chi connectivity index (χ0n) is 42.9. The summed E-state index contributed by atoms with van der Waals surface area (Å²) in [6.07, 6.45) is 0. The molecule has 0 bridgehead atoms. The van der Waals surface area contributed by atoms with E-state index in [0.717, 1.165) is 33.4 Å². The largest absolute Gasteiger partial charge is 0.309 e. The summed E-state index contributed by atoms with van der Waals surface area (Å²) in [6, 6.07) is 26.9. The fraction of sp³-hybridized carbons (Fsp3) is 0.467. The Kier molecular flexibility index (Phi) is 11.7. The summed E-state index contributed by atoms with van der Waals surface area (Å²) in [4.78, 5) is 31.3. The summed E-state index contributed by atoms with van der Waals surface area (Å²) in [6.45, 7) is 45.0. The highest BCUT2D eigenvalue weighted by atomic mass is 16.1. The van der Waals surface area contributed by atoms with Crippen LogP contribution in [0.25, 0.3) is 55.0 Å². The molecule has 4 heteroatoms. The Morgan fingerprint density at radius 3 is 0.766 bits per heavy atom. The molecular weight excluding hydrogens is 781 g/mol. The topological polar surface area (TPSA) is 44.0 Å². The van der Waals surface area contributed by atoms with Crippen molar-refractivity contribution in [3.8, 4) is 11.4 Å². The van der Waals surface area contributed by atoms with Crippen molar-refractivity contribution in [2.24, 2.45) is 0 Å². The van der Waals surface area contributed by atoms with Crippen molar-refractivity contribution in [2.75, 3.05) is 0 Å². The molecule has 0 N–H and O–H groups in total. The zero-order chi connectivity index (χ0) is 47.5. The van der Waals surface area contributed by atoms with Gasteiger partial charge in [-0.2, -0.15) is 0 Å². The first-order chi connectivity index (χ1) is 29.4. The van der Waals surface area contributed by atoms with Crippen molar-refractivity contribution in [1.82, 2.24) is 9.13 Å². The van der Waals surface area contributed by atoms with Gasteiger partial charge < -0.3 is 9.13 Å². The van der Waals surface area contributed by atoms with Gasteiger partial charge >= 0.3 is 0 Å². The van der Waals surface area contributed by atoms with E-state index in [1.54, 1.807) is 0 Å². The van der Waals surface area contributed by atoms with Crippen LogP contribution in [0.15, 0.2) is 82.4 Å². The van der Waals surface area contributed by atoms with E-state index in [0.29, 0.717) is 45.2 Å². The van der Waals surface area contributed by atoms with Crippen molar-refractivity contribution < 1.29 is 0 Å². The van der Waals surface area contributed by atoms with Crippen LogP contribution in [0.1, 0.15) is 207 Å². The third-order valence-corrected chi connectivity index (χ3v) is 13.7. The summed E-state index contributed by atoms with van der Waals surface area (Å²) >= 11 is 0. The van der Waals surface area contributed by atoms with Gasteiger partial charge in [0.05, 0.1) is 22.1 Å². The fourth-order valence-corrected chi connectivity index (χ4v) is 9.72. The molecule has 0 amide bonds. The van der Waals surface area contributed by atoms with E-state index in [1.165, 1.54) is 44.5 Å². The molecule has 5 aromatic carbocycles. The normalized spacial score (nSPS) is 13.4. The highest BCUT2D eigenvalue weighted by Crippen LogP contribution is 2.42. The van der Waals surface area contributed by atoms with Crippen LogP contribution < -0.4 is 10.9 Å². The molecule has 7 rings (SSSR count). The Morgan fingerprint density at radius 1 is 0.312 bits per heavy atom. The molecule has 0 unspecified atom stereocenters. The minimum absolute atomic E-state index is 0.0189. The van der Waals surface area contributed by atoms with Crippen molar-refractivity contribution in [3.63, 3.8) is 0 Å². The van der Waals surface area contributed by atoms with Gasteiger partial charge in [-0.15, -0.1) is 0 Å². The summed E-state index contributed by atoms with van der Waals surface area (Å²) in [5.74, 6) is 1.16. The smallest absolute Gasteiger partial charge is 0.197 e. The van der Waals surface area contributed by atoms with Gasteiger partial charge in [0.25, 0.3) is 0 Å². The molecule has 0 aliphatic heterocycles. The van der Waals surface area contributed by atoms with E-state index in [4.69, 9.17) is 0 Å². The first-order valence-corrected chi connectivity index (χ1v) is 24.0. The van der Waals surface area contributed by atoms with E-state index in [1.807, 2.05) is 0 Å². The monoisotopic (exact) mass is 857 g/mol. The second-order valence-corrected chi connectivity index (χ2v) is 24.4. The lowest BCUT2D eigenvalue weighted by Crippen LogP contribution is -2.24. The number of nitrogens with zero attached hydrogens (tertiary/aromatic N) is 2. The minimum Gasteiger partial charge on any atom is -0.309 e. The lowest BCUT2D eigenvalue weighted by molar-refractivity contribution is 0.531. The highest BCUT2D eigenvalue weighted by Gasteiger charge is 2.31. The summed E-state index contributed by atoms with van der Waals surface area (Å²) in [7, 11) is 0. The molecule has 0 spiro atoms. The molecule has 0 radical (unpaired) electrons. The summed E-state index contributed by atoms with van der Waals surface area (Å²) < 4.78 is 4.61. The molecule has 4 nitrogen and oxygen atoms in total. The molecule has 64 heavy (non-hydrogen) atoms. The Balaban J connectivity index is 1.83. The molecule has 0 aliphatic rings. The number of rotatable bonds is 6. The summed E-state index contributed by atoms with van der Waals surface area (Å²) in [5, 5.41) is 2.58. The molecule has 7 aromatic rings. The van der Waals surface area contributed by atoms with E-state index in [-0.39, 0.29) is 32.5 Å². The highest BCUT2D eigenvalue weighted by molar-refractivity contribution is 6.06. The second kappa shape index (κ2) is 15.9. The number of benzene rings is 5. The number of hydrogen-bond acceptors (Lipinski definition) is 2. The lowest BCUT2D eigenvalue weighted by atomic mass is 9.74. The number of hydrogen-bond donors (Lipinski definition) is 0. The van der Waals surface area contributed by atoms with Gasteiger partial charge in [0.2, 0.25) is 0 Å². The maximum Gasteiger partial charge on any atom is 0.197 e. The van der Waals surface area contributed by atoms with Crippen LogP contribution in [0, 0.1) is 0 Å². The Morgan fingerprint density at radius 2 is 0.531 bits per heavy atom. The minimum atomic E-state index is -0.208. The Hall–Kier alpha value is -4.96. The van der Waals surface area contributed by atoms with Crippen LogP contribution in [0.4, 0.5) is 0 Å². The van der Waals surface area contributed by atoms with E-state index in [9.17, 15) is 0 Å². The van der Waals surface area contributed by atoms with E-state index in [2.05, 4.69) is 220 Å². The molecule has 2 aromatic heterocycles. The molecule has 2 heterocycles. The van der Waals surface area contributed by atoms with Gasteiger partial charge in [0, 0.05) is 32.9 Å². The van der Waals surface area contributed by atoms with Gasteiger partial charge in [-0.05, 0) is 151 Å². The second-order valence-electron chi connectivity index (χ2n) is 24.4. The van der Waals surface area contributed by atoms with Crippen LogP contribution >= 0.6 is 0 Å². The maximum atomic E-state index is 15.6. The summed E-state index contributed by atoms with van der Waals surface area (Å²) in [5.41, 5.74) is 14.1. The van der Waals surface area contributed by atoms with Gasteiger partial charge in [0.1, 0.15) is 0 Å². The predicted octanol–water partition coefficient (Wildman–Crippen LogP) is 16.3. The van der Waals surface area contributed by atoms with Crippen molar-refractivity contribution in [3.05, 3.63) is 138 Å².